The first-order valence-electron chi connectivity index (χ1n) is 7.53. The van der Waals surface area contributed by atoms with Gasteiger partial charge in [0.2, 0.25) is 0 Å². The highest BCUT2D eigenvalue weighted by Crippen LogP contribution is 2.25. The first-order valence-corrected chi connectivity index (χ1v) is 8.29. The number of halogens is 2. The maximum atomic E-state index is 6.08. The third-order valence-electron chi connectivity index (χ3n) is 3.66. The Morgan fingerprint density at radius 1 is 1.14 bits per heavy atom. The Morgan fingerprint density at radius 2 is 1.86 bits per heavy atom. The molecule has 0 spiro atoms. The van der Waals surface area contributed by atoms with Crippen LogP contribution in [0.2, 0.25) is 10.0 Å². The van der Waals surface area contributed by atoms with Crippen LogP contribution in [0.15, 0.2) is 24.3 Å². The highest BCUT2D eigenvalue weighted by Gasteiger charge is 2.08. The van der Waals surface area contributed by atoms with Crippen molar-refractivity contribution in [2.45, 2.75) is 20.8 Å². The molecule has 0 saturated heterocycles. The Kier molecular flexibility index (Phi) is 6.12. The molecule has 0 bridgehead atoms. The predicted octanol–water partition coefficient (Wildman–Crippen LogP) is 4.24. The number of hydrogen-bond donors (Lipinski definition) is 1. The monoisotopic (exact) mass is 340 g/mol. The third-order valence-corrected chi connectivity index (χ3v) is 4.40. The van der Waals surface area contributed by atoms with Crippen molar-refractivity contribution in [3.63, 3.8) is 0 Å². The molecule has 120 valence electrons. The van der Waals surface area contributed by atoms with E-state index in [4.69, 9.17) is 23.2 Å². The second-order valence-corrected chi connectivity index (χ2v) is 5.95. The summed E-state index contributed by atoms with van der Waals surface area (Å²) in [6.07, 6.45) is 0. The van der Waals surface area contributed by atoms with Crippen LogP contribution < -0.4 is 5.32 Å². The molecule has 1 heterocycles. The molecule has 0 radical (unpaired) electrons. The third kappa shape index (κ3) is 4.15. The number of aryl methyl sites for hydroxylation is 1. The smallest absolute Gasteiger partial charge is 0.148 e. The van der Waals surface area contributed by atoms with E-state index in [1.165, 1.54) is 0 Å². The first-order chi connectivity index (χ1) is 10.5. The number of benzene rings is 1. The zero-order valence-corrected chi connectivity index (χ0v) is 14.7. The Morgan fingerprint density at radius 3 is 2.50 bits per heavy atom. The van der Waals surface area contributed by atoms with Crippen LogP contribution in [-0.2, 0) is 0 Å². The number of rotatable bonds is 7. The van der Waals surface area contributed by atoms with E-state index in [1.54, 1.807) is 6.07 Å². The lowest BCUT2D eigenvalue weighted by atomic mass is 10.3. The van der Waals surface area contributed by atoms with Gasteiger partial charge in [0.25, 0.3) is 0 Å². The van der Waals surface area contributed by atoms with Crippen molar-refractivity contribution >= 4 is 29.0 Å². The minimum absolute atomic E-state index is 0.533. The van der Waals surface area contributed by atoms with Crippen molar-refractivity contribution in [2.75, 3.05) is 31.5 Å². The molecule has 0 unspecified atom stereocenters. The number of aromatic nitrogens is 2. The highest BCUT2D eigenvalue weighted by molar-refractivity contribution is 6.42. The van der Waals surface area contributed by atoms with Crippen LogP contribution >= 0.6 is 23.2 Å². The van der Waals surface area contributed by atoms with Crippen molar-refractivity contribution in [2.24, 2.45) is 0 Å². The molecule has 0 atom stereocenters. The van der Waals surface area contributed by atoms with Crippen molar-refractivity contribution in [3.8, 4) is 5.69 Å². The minimum atomic E-state index is 0.533. The van der Waals surface area contributed by atoms with Crippen LogP contribution in [0.3, 0.4) is 0 Å². The molecule has 1 N–H and O–H groups in total. The van der Waals surface area contributed by atoms with E-state index in [-0.39, 0.29) is 0 Å². The van der Waals surface area contributed by atoms with Gasteiger partial charge in [0, 0.05) is 24.8 Å². The lowest BCUT2D eigenvalue weighted by Crippen LogP contribution is -2.28. The van der Waals surface area contributed by atoms with Crippen molar-refractivity contribution in [1.82, 2.24) is 14.7 Å². The van der Waals surface area contributed by atoms with E-state index in [9.17, 15) is 0 Å². The summed E-state index contributed by atoms with van der Waals surface area (Å²) in [5.74, 6) is 0.871. The predicted molar refractivity (Wildman–Crippen MR) is 94.6 cm³/mol. The molecule has 0 aliphatic carbocycles. The van der Waals surface area contributed by atoms with E-state index in [0.717, 1.165) is 43.4 Å². The summed E-state index contributed by atoms with van der Waals surface area (Å²) in [6, 6.07) is 7.55. The lowest BCUT2D eigenvalue weighted by molar-refractivity contribution is 0.316. The van der Waals surface area contributed by atoms with Gasteiger partial charge in [-0.05, 0) is 38.2 Å². The molecule has 2 rings (SSSR count). The quantitative estimate of drug-likeness (QED) is 0.818. The van der Waals surface area contributed by atoms with Crippen LogP contribution in [0.5, 0.6) is 0 Å². The Balaban J connectivity index is 2.06. The van der Waals surface area contributed by atoms with Gasteiger partial charge < -0.3 is 10.2 Å². The SMILES string of the molecule is CCN(CC)CCNc1cc(C)n(-c2ccc(Cl)c(Cl)c2)n1. The maximum Gasteiger partial charge on any atom is 0.148 e. The normalized spacial score (nSPS) is 11.2. The molecule has 4 nitrogen and oxygen atoms in total. The van der Waals surface area contributed by atoms with Gasteiger partial charge in [-0.3, -0.25) is 0 Å². The van der Waals surface area contributed by atoms with Crippen LogP contribution in [0.25, 0.3) is 5.69 Å². The van der Waals surface area contributed by atoms with Crippen LogP contribution in [-0.4, -0.2) is 40.9 Å². The van der Waals surface area contributed by atoms with Crippen molar-refractivity contribution in [1.29, 1.82) is 0 Å². The van der Waals surface area contributed by atoms with E-state index >= 15 is 0 Å². The standard InChI is InChI=1S/C16H22Cl2N4/c1-4-21(5-2)9-8-19-16-10-12(3)22(20-16)13-6-7-14(17)15(18)11-13/h6-7,10-11H,4-5,8-9H2,1-3H3,(H,19,20). The van der Waals surface area contributed by atoms with Gasteiger partial charge in [0.05, 0.1) is 15.7 Å². The van der Waals surface area contributed by atoms with Gasteiger partial charge >= 0.3 is 0 Å². The summed E-state index contributed by atoms with van der Waals surface area (Å²) in [6.45, 7) is 10.4. The minimum Gasteiger partial charge on any atom is -0.367 e. The molecule has 0 saturated carbocycles. The number of nitrogens with zero attached hydrogens (tertiary/aromatic N) is 3. The second-order valence-electron chi connectivity index (χ2n) is 5.13. The molecule has 1 aromatic carbocycles. The second kappa shape index (κ2) is 7.86. The fourth-order valence-corrected chi connectivity index (χ4v) is 2.61. The highest BCUT2D eigenvalue weighted by atomic mass is 35.5. The van der Waals surface area contributed by atoms with Gasteiger partial charge in [0.1, 0.15) is 5.82 Å². The van der Waals surface area contributed by atoms with Gasteiger partial charge in [-0.15, -0.1) is 0 Å². The number of likely N-dealkylation sites (N-methyl/N-ethyl adjacent to an activating group) is 1. The Labute approximate surface area is 142 Å². The van der Waals surface area contributed by atoms with Crippen LogP contribution in [0.4, 0.5) is 5.82 Å². The van der Waals surface area contributed by atoms with Gasteiger partial charge in [0.15, 0.2) is 0 Å². The molecule has 2 aromatic rings. The fraction of sp³-hybridized carbons (Fsp3) is 0.438. The van der Waals surface area contributed by atoms with E-state index in [0.29, 0.717) is 10.0 Å². The van der Waals surface area contributed by atoms with Crippen molar-refractivity contribution in [3.05, 3.63) is 40.0 Å². The number of hydrogen-bond acceptors (Lipinski definition) is 3. The molecule has 0 amide bonds. The van der Waals surface area contributed by atoms with E-state index in [1.807, 2.05) is 29.8 Å². The molecule has 6 heteroatoms. The summed E-state index contributed by atoms with van der Waals surface area (Å²) in [5, 5.41) is 9.03. The summed E-state index contributed by atoms with van der Waals surface area (Å²) < 4.78 is 1.86. The molecule has 22 heavy (non-hydrogen) atoms. The van der Waals surface area contributed by atoms with E-state index < -0.39 is 0 Å². The summed E-state index contributed by atoms with van der Waals surface area (Å²) in [7, 11) is 0. The Bertz CT molecular complexity index is 621. The van der Waals surface area contributed by atoms with Crippen LogP contribution in [0.1, 0.15) is 19.5 Å². The average molecular weight is 341 g/mol. The summed E-state index contributed by atoms with van der Waals surface area (Å²) in [5.41, 5.74) is 1.95. The maximum absolute atomic E-state index is 6.08. The number of anilines is 1. The molecular weight excluding hydrogens is 319 g/mol. The summed E-state index contributed by atoms with van der Waals surface area (Å²) >= 11 is 12.0. The largest absolute Gasteiger partial charge is 0.367 e. The molecule has 0 aliphatic heterocycles. The Hall–Kier alpha value is -1.23. The van der Waals surface area contributed by atoms with Gasteiger partial charge in [-0.1, -0.05) is 37.0 Å². The number of nitrogens with one attached hydrogen (secondary N) is 1. The van der Waals surface area contributed by atoms with Crippen molar-refractivity contribution < 1.29 is 0 Å². The molecule has 0 aliphatic rings. The first kappa shape index (κ1) is 17.1. The summed E-state index contributed by atoms with van der Waals surface area (Å²) in [4.78, 5) is 2.37. The molecule has 1 aromatic heterocycles. The molecular formula is C16H22Cl2N4. The van der Waals surface area contributed by atoms with Crippen LogP contribution in [0, 0.1) is 6.92 Å². The topological polar surface area (TPSA) is 33.1 Å². The van der Waals surface area contributed by atoms with Gasteiger partial charge in [-0.25, -0.2) is 4.68 Å². The average Bonchev–Trinajstić information content (AvgIpc) is 2.87. The zero-order chi connectivity index (χ0) is 16.1. The molecule has 0 fully saturated rings. The van der Waals surface area contributed by atoms with E-state index in [2.05, 4.69) is 29.2 Å². The van der Waals surface area contributed by atoms with Gasteiger partial charge in [-0.2, -0.15) is 5.10 Å². The zero-order valence-electron chi connectivity index (χ0n) is 13.2. The fourth-order valence-electron chi connectivity index (χ4n) is 2.32. The lowest BCUT2D eigenvalue weighted by Gasteiger charge is -2.17.